The van der Waals surface area contributed by atoms with Gasteiger partial charge in [-0.2, -0.15) is 0 Å². The van der Waals surface area contributed by atoms with Gasteiger partial charge < -0.3 is 14.8 Å². The van der Waals surface area contributed by atoms with Gasteiger partial charge in [-0.3, -0.25) is 0 Å². The number of halogens is 3. The van der Waals surface area contributed by atoms with Crippen LogP contribution in [-0.2, 0) is 13.2 Å². The van der Waals surface area contributed by atoms with Gasteiger partial charge in [0, 0.05) is 27.8 Å². The summed E-state index contributed by atoms with van der Waals surface area (Å²) in [4.78, 5) is 0. The van der Waals surface area contributed by atoms with Crippen LogP contribution in [0, 0.1) is 10.5 Å². The smallest absolute Gasteiger partial charge is 0.174 e. The van der Waals surface area contributed by atoms with E-state index in [1.54, 1.807) is 7.11 Å². The highest BCUT2D eigenvalue weighted by Crippen LogP contribution is 2.35. The standard InChI is InChI=1S/C22H20Cl2INO2/c1-14-17(23)8-5-9-20(14)26-12-15-10-19(25)22(21(11-15)27-2)28-13-16-6-3-4-7-18(16)24/h3-11,26H,12-13H2,1-2H3. The summed E-state index contributed by atoms with van der Waals surface area (Å²) in [5, 5.41) is 4.87. The molecule has 28 heavy (non-hydrogen) atoms. The normalized spacial score (nSPS) is 10.6. The molecule has 0 amide bonds. The molecule has 0 heterocycles. The highest BCUT2D eigenvalue weighted by atomic mass is 127. The predicted molar refractivity (Wildman–Crippen MR) is 125 cm³/mol. The number of benzene rings is 3. The van der Waals surface area contributed by atoms with E-state index in [1.807, 2.05) is 55.5 Å². The Morgan fingerprint density at radius 3 is 2.50 bits per heavy atom. The second-order valence-corrected chi connectivity index (χ2v) is 8.23. The molecule has 3 aromatic rings. The first-order chi connectivity index (χ1) is 13.5. The van der Waals surface area contributed by atoms with Crippen LogP contribution in [0.1, 0.15) is 16.7 Å². The summed E-state index contributed by atoms with van der Waals surface area (Å²) in [6, 6.07) is 17.6. The maximum atomic E-state index is 6.22. The van der Waals surface area contributed by atoms with Crippen molar-refractivity contribution in [2.24, 2.45) is 0 Å². The summed E-state index contributed by atoms with van der Waals surface area (Å²) < 4.78 is 12.6. The summed E-state index contributed by atoms with van der Waals surface area (Å²) in [5.41, 5.74) is 4.07. The van der Waals surface area contributed by atoms with E-state index in [-0.39, 0.29) is 0 Å². The molecule has 0 atom stereocenters. The molecule has 0 fully saturated rings. The van der Waals surface area contributed by atoms with Crippen molar-refractivity contribution in [2.45, 2.75) is 20.1 Å². The molecule has 0 aliphatic heterocycles. The van der Waals surface area contributed by atoms with Gasteiger partial charge in [0.2, 0.25) is 0 Å². The van der Waals surface area contributed by atoms with Crippen molar-refractivity contribution in [2.75, 3.05) is 12.4 Å². The van der Waals surface area contributed by atoms with E-state index in [4.69, 9.17) is 32.7 Å². The quantitative estimate of drug-likeness (QED) is 0.332. The van der Waals surface area contributed by atoms with Gasteiger partial charge in [-0.1, -0.05) is 47.5 Å². The zero-order chi connectivity index (χ0) is 20.1. The SMILES string of the molecule is COc1cc(CNc2cccc(Cl)c2C)cc(I)c1OCc1ccccc1Cl. The molecule has 6 heteroatoms. The predicted octanol–water partition coefficient (Wildman–Crippen LogP) is 7.11. The van der Waals surface area contributed by atoms with Gasteiger partial charge in [-0.05, 0) is 71.0 Å². The Morgan fingerprint density at radius 1 is 1.00 bits per heavy atom. The Bertz CT molecular complexity index is 979. The van der Waals surface area contributed by atoms with Crippen LogP contribution in [0.25, 0.3) is 0 Å². The van der Waals surface area contributed by atoms with Crippen molar-refractivity contribution in [1.82, 2.24) is 0 Å². The van der Waals surface area contributed by atoms with Gasteiger partial charge >= 0.3 is 0 Å². The molecular formula is C22H20Cl2INO2. The van der Waals surface area contributed by atoms with Crippen LogP contribution in [0.15, 0.2) is 54.6 Å². The molecule has 0 aliphatic rings. The molecule has 0 aliphatic carbocycles. The molecule has 0 radical (unpaired) electrons. The highest BCUT2D eigenvalue weighted by Gasteiger charge is 2.13. The third-order valence-corrected chi connectivity index (χ3v) is 5.95. The number of hydrogen-bond acceptors (Lipinski definition) is 3. The zero-order valence-electron chi connectivity index (χ0n) is 15.6. The topological polar surface area (TPSA) is 30.5 Å². The van der Waals surface area contributed by atoms with E-state index in [2.05, 4.69) is 34.0 Å². The molecule has 0 saturated heterocycles. The summed E-state index contributed by atoms with van der Waals surface area (Å²) in [7, 11) is 1.64. The van der Waals surface area contributed by atoms with Crippen molar-refractivity contribution in [3.8, 4) is 11.5 Å². The minimum atomic E-state index is 0.380. The van der Waals surface area contributed by atoms with Gasteiger partial charge in [-0.25, -0.2) is 0 Å². The Hall–Kier alpha value is -1.63. The van der Waals surface area contributed by atoms with E-state index < -0.39 is 0 Å². The lowest BCUT2D eigenvalue weighted by Gasteiger charge is -2.16. The minimum Gasteiger partial charge on any atom is -0.493 e. The van der Waals surface area contributed by atoms with Crippen molar-refractivity contribution >= 4 is 51.5 Å². The second-order valence-electron chi connectivity index (χ2n) is 6.26. The van der Waals surface area contributed by atoms with Gasteiger partial charge in [-0.15, -0.1) is 0 Å². The number of methoxy groups -OCH3 is 1. The van der Waals surface area contributed by atoms with E-state index in [1.165, 1.54) is 0 Å². The number of anilines is 1. The molecule has 0 aromatic heterocycles. The van der Waals surface area contributed by atoms with Gasteiger partial charge in [0.25, 0.3) is 0 Å². The van der Waals surface area contributed by atoms with Gasteiger partial charge in [0.15, 0.2) is 11.5 Å². The van der Waals surface area contributed by atoms with E-state index >= 15 is 0 Å². The fourth-order valence-corrected chi connectivity index (χ4v) is 3.96. The van der Waals surface area contributed by atoms with Crippen molar-refractivity contribution in [3.05, 3.63) is 84.9 Å². The van der Waals surface area contributed by atoms with Crippen LogP contribution >= 0.6 is 45.8 Å². The van der Waals surface area contributed by atoms with E-state index in [0.717, 1.165) is 31.0 Å². The fraction of sp³-hybridized carbons (Fsp3) is 0.182. The lowest BCUT2D eigenvalue weighted by molar-refractivity contribution is 0.282. The molecule has 0 unspecified atom stereocenters. The average Bonchev–Trinajstić information content (AvgIpc) is 2.69. The Morgan fingerprint density at radius 2 is 1.75 bits per heavy atom. The van der Waals surface area contributed by atoms with E-state index in [0.29, 0.717) is 29.7 Å². The number of hydrogen-bond donors (Lipinski definition) is 1. The molecule has 3 rings (SSSR count). The van der Waals surface area contributed by atoms with Crippen LogP contribution in [0.5, 0.6) is 11.5 Å². The molecule has 146 valence electrons. The monoisotopic (exact) mass is 527 g/mol. The van der Waals surface area contributed by atoms with Crippen LogP contribution in [0.3, 0.4) is 0 Å². The fourth-order valence-electron chi connectivity index (χ4n) is 2.78. The van der Waals surface area contributed by atoms with Crippen molar-refractivity contribution < 1.29 is 9.47 Å². The number of ether oxygens (including phenoxy) is 2. The molecule has 0 spiro atoms. The first-order valence-electron chi connectivity index (χ1n) is 8.71. The summed E-state index contributed by atoms with van der Waals surface area (Å²) in [5.74, 6) is 1.41. The third-order valence-electron chi connectivity index (χ3n) is 4.37. The molecule has 0 bridgehead atoms. The Balaban J connectivity index is 1.75. The average molecular weight is 528 g/mol. The number of nitrogens with one attached hydrogen (secondary N) is 1. The summed E-state index contributed by atoms with van der Waals surface area (Å²) in [6.45, 7) is 3.03. The van der Waals surface area contributed by atoms with Crippen molar-refractivity contribution in [1.29, 1.82) is 0 Å². The lowest BCUT2D eigenvalue weighted by Crippen LogP contribution is -2.04. The minimum absolute atomic E-state index is 0.380. The van der Waals surface area contributed by atoms with E-state index in [9.17, 15) is 0 Å². The van der Waals surface area contributed by atoms with Crippen molar-refractivity contribution in [3.63, 3.8) is 0 Å². The maximum Gasteiger partial charge on any atom is 0.174 e. The van der Waals surface area contributed by atoms with Gasteiger partial charge in [0.05, 0.1) is 10.7 Å². The number of rotatable bonds is 7. The molecule has 3 aromatic carbocycles. The lowest BCUT2D eigenvalue weighted by atomic mass is 10.1. The molecule has 0 saturated carbocycles. The Kier molecular flexibility index (Phi) is 7.32. The van der Waals surface area contributed by atoms with Crippen LogP contribution in [0.2, 0.25) is 10.0 Å². The summed E-state index contributed by atoms with van der Waals surface area (Å²) >= 11 is 14.7. The molecular weight excluding hydrogens is 508 g/mol. The van der Waals surface area contributed by atoms with Crippen LogP contribution in [0.4, 0.5) is 5.69 Å². The first kappa shape index (κ1) is 21.1. The maximum absolute atomic E-state index is 6.22. The molecule has 3 nitrogen and oxygen atoms in total. The highest BCUT2D eigenvalue weighted by molar-refractivity contribution is 14.1. The second kappa shape index (κ2) is 9.72. The first-order valence-corrected chi connectivity index (χ1v) is 10.5. The largest absolute Gasteiger partial charge is 0.493 e. The Labute approximate surface area is 189 Å². The summed E-state index contributed by atoms with van der Waals surface area (Å²) in [6.07, 6.45) is 0. The van der Waals surface area contributed by atoms with Crippen LogP contribution < -0.4 is 14.8 Å². The third kappa shape index (κ3) is 5.04. The van der Waals surface area contributed by atoms with Crippen LogP contribution in [-0.4, -0.2) is 7.11 Å². The molecule has 1 N–H and O–H groups in total. The van der Waals surface area contributed by atoms with Gasteiger partial charge in [0.1, 0.15) is 6.61 Å². The zero-order valence-corrected chi connectivity index (χ0v) is 19.2.